The normalized spacial score (nSPS) is 20.9. The molecule has 0 radical (unpaired) electrons. The van der Waals surface area contributed by atoms with Gasteiger partial charge in [-0.25, -0.2) is 4.98 Å². The number of ether oxygens (including phenoxy) is 2. The van der Waals surface area contributed by atoms with Gasteiger partial charge in [0.25, 0.3) is 0 Å². The van der Waals surface area contributed by atoms with Gasteiger partial charge in [-0.3, -0.25) is 4.90 Å². The van der Waals surface area contributed by atoms with E-state index in [4.69, 9.17) is 14.0 Å². The fourth-order valence-electron chi connectivity index (χ4n) is 3.27. The predicted molar refractivity (Wildman–Crippen MR) is 91.2 cm³/mol. The first-order chi connectivity index (χ1) is 12.3. The molecule has 0 spiro atoms. The molecule has 4 rings (SSSR count). The molecule has 1 saturated carbocycles. The Kier molecular flexibility index (Phi) is 4.94. The lowest BCUT2D eigenvalue weighted by molar-refractivity contribution is 0.144. The zero-order chi connectivity index (χ0) is 17.1. The Hall–Kier alpha value is -1.99. The van der Waals surface area contributed by atoms with Crippen molar-refractivity contribution in [3.63, 3.8) is 0 Å². The first-order valence-electron chi connectivity index (χ1n) is 8.99. The topological polar surface area (TPSA) is 73.5 Å². The van der Waals surface area contributed by atoms with Crippen molar-refractivity contribution in [2.45, 2.75) is 31.7 Å². The number of nitrogens with zero attached hydrogens (tertiary/aromatic N) is 4. The molecule has 3 heterocycles. The Morgan fingerprint density at radius 3 is 2.92 bits per heavy atom. The number of aromatic nitrogens is 3. The zero-order valence-corrected chi connectivity index (χ0v) is 14.6. The van der Waals surface area contributed by atoms with E-state index in [9.17, 15) is 0 Å². The molecule has 1 atom stereocenters. The maximum atomic E-state index is 5.57. The van der Waals surface area contributed by atoms with Gasteiger partial charge in [0, 0.05) is 31.5 Å². The van der Waals surface area contributed by atoms with Gasteiger partial charge in [0.15, 0.2) is 0 Å². The molecule has 1 aliphatic carbocycles. The maximum Gasteiger partial charge on any atom is 0.244 e. The van der Waals surface area contributed by atoms with Gasteiger partial charge < -0.3 is 14.0 Å². The van der Waals surface area contributed by atoms with Crippen molar-refractivity contribution >= 4 is 0 Å². The van der Waals surface area contributed by atoms with Gasteiger partial charge in [-0.15, -0.1) is 0 Å². The lowest BCUT2D eigenvalue weighted by Gasteiger charge is -2.20. The molecule has 1 aliphatic heterocycles. The molecule has 25 heavy (non-hydrogen) atoms. The molecule has 1 saturated heterocycles. The van der Waals surface area contributed by atoms with Gasteiger partial charge >= 0.3 is 0 Å². The van der Waals surface area contributed by atoms with E-state index in [0.29, 0.717) is 24.9 Å². The SMILES string of the molecule is COCCOc1ccc(-c2noc(C3CCCN3CC3CC3)n2)cn1. The van der Waals surface area contributed by atoms with E-state index in [1.165, 1.54) is 19.3 Å². The predicted octanol–water partition coefficient (Wildman–Crippen LogP) is 2.70. The number of methoxy groups -OCH3 is 1. The van der Waals surface area contributed by atoms with E-state index in [2.05, 4.69) is 20.0 Å². The third-order valence-electron chi connectivity index (χ3n) is 4.81. The average molecular weight is 344 g/mol. The lowest BCUT2D eigenvalue weighted by Crippen LogP contribution is -2.25. The third-order valence-corrected chi connectivity index (χ3v) is 4.81. The number of hydrogen-bond donors (Lipinski definition) is 0. The van der Waals surface area contributed by atoms with Gasteiger partial charge in [-0.05, 0) is 44.2 Å². The second-order valence-electron chi connectivity index (χ2n) is 6.78. The molecule has 0 amide bonds. The van der Waals surface area contributed by atoms with Crippen molar-refractivity contribution in [3.8, 4) is 17.3 Å². The van der Waals surface area contributed by atoms with Crippen LogP contribution in [-0.4, -0.2) is 53.4 Å². The summed E-state index contributed by atoms with van der Waals surface area (Å²) in [5.41, 5.74) is 0.834. The fourth-order valence-corrected chi connectivity index (χ4v) is 3.27. The number of rotatable bonds is 8. The second-order valence-corrected chi connectivity index (χ2v) is 6.78. The minimum absolute atomic E-state index is 0.270. The number of pyridine rings is 1. The Morgan fingerprint density at radius 2 is 2.16 bits per heavy atom. The third kappa shape index (κ3) is 3.99. The van der Waals surface area contributed by atoms with Gasteiger partial charge in [0.2, 0.25) is 17.6 Å². The summed E-state index contributed by atoms with van der Waals surface area (Å²) in [5.74, 6) is 2.76. The number of hydrogen-bond acceptors (Lipinski definition) is 7. The van der Waals surface area contributed by atoms with E-state index in [1.807, 2.05) is 12.1 Å². The highest BCUT2D eigenvalue weighted by atomic mass is 16.5. The molecule has 0 bridgehead atoms. The van der Waals surface area contributed by atoms with Gasteiger partial charge in [0.1, 0.15) is 6.61 Å². The molecule has 1 unspecified atom stereocenters. The second kappa shape index (κ2) is 7.49. The van der Waals surface area contributed by atoms with Crippen molar-refractivity contribution in [1.29, 1.82) is 0 Å². The minimum atomic E-state index is 0.270. The van der Waals surface area contributed by atoms with Crippen molar-refractivity contribution in [1.82, 2.24) is 20.0 Å². The van der Waals surface area contributed by atoms with Crippen LogP contribution in [0, 0.1) is 5.92 Å². The van der Waals surface area contributed by atoms with Gasteiger partial charge in [-0.2, -0.15) is 4.98 Å². The molecule has 7 heteroatoms. The maximum absolute atomic E-state index is 5.57. The van der Waals surface area contributed by atoms with E-state index in [1.54, 1.807) is 13.3 Å². The molecular formula is C18H24N4O3. The summed E-state index contributed by atoms with van der Waals surface area (Å²) in [6.07, 6.45) is 6.74. The molecule has 134 valence electrons. The van der Waals surface area contributed by atoms with Crippen molar-refractivity contribution < 1.29 is 14.0 Å². The van der Waals surface area contributed by atoms with Crippen LogP contribution in [0.3, 0.4) is 0 Å². The Balaban J connectivity index is 1.41. The van der Waals surface area contributed by atoms with Crippen LogP contribution >= 0.6 is 0 Å². The first-order valence-corrected chi connectivity index (χ1v) is 8.99. The Bertz CT molecular complexity index is 684. The molecule has 7 nitrogen and oxygen atoms in total. The molecule has 2 aromatic rings. The van der Waals surface area contributed by atoms with Crippen molar-refractivity contribution in [2.24, 2.45) is 5.92 Å². The molecule has 0 aromatic carbocycles. The van der Waals surface area contributed by atoms with Gasteiger partial charge in [0.05, 0.1) is 12.6 Å². The summed E-state index contributed by atoms with van der Waals surface area (Å²) in [4.78, 5) is 11.4. The van der Waals surface area contributed by atoms with Crippen LogP contribution in [0.2, 0.25) is 0 Å². The molecule has 2 fully saturated rings. The highest BCUT2D eigenvalue weighted by Gasteiger charge is 2.34. The fraction of sp³-hybridized carbons (Fsp3) is 0.611. The van der Waals surface area contributed by atoms with Crippen molar-refractivity contribution in [2.75, 3.05) is 33.4 Å². The zero-order valence-electron chi connectivity index (χ0n) is 14.6. The van der Waals surface area contributed by atoms with Crippen LogP contribution in [0.4, 0.5) is 0 Å². The minimum Gasteiger partial charge on any atom is -0.475 e. The van der Waals surface area contributed by atoms with E-state index >= 15 is 0 Å². The Labute approximate surface area is 147 Å². The molecule has 2 aromatic heterocycles. The van der Waals surface area contributed by atoms with Crippen molar-refractivity contribution in [3.05, 3.63) is 24.2 Å². The largest absolute Gasteiger partial charge is 0.475 e. The summed E-state index contributed by atoms with van der Waals surface area (Å²) in [5, 5.41) is 4.15. The average Bonchev–Trinajstić information content (AvgIpc) is 3.12. The number of likely N-dealkylation sites (tertiary alicyclic amines) is 1. The van der Waals surface area contributed by atoms with Crippen LogP contribution in [0.1, 0.15) is 37.6 Å². The summed E-state index contributed by atoms with van der Waals surface area (Å²) in [6, 6.07) is 3.99. The Morgan fingerprint density at radius 1 is 1.24 bits per heavy atom. The lowest BCUT2D eigenvalue weighted by atomic mass is 10.2. The van der Waals surface area contributed by atoms with E-state index in [-0.39, 0.29) is 6.04 Å². The first kappa shape index (κ1) is 16.5. The summed E-state index contributed by atoms with van der Waals surface area (Å²) in [6.45, 7) is 3.31. The molecule has 2 aliphatic rings. The quantitative estimate of drug-likeness (QED) is 0.682. The van der Waals surface area contributed by atoms with Crippen LogP contribution in [0.15, 0.2) is 22.9 Å². The van der Waals surface area contributed by atoms with Crippen LogP contribution < -0.4 is 4.74 Å². The van der Waals surface area contributed by atoms with E-state index < -0.39 is 0 Å². The van der Waals surface area contributed by atoms with Crippen LogP contribution in [0.25, 0.3) is 11.4 Å². The summed E-state index contributed by atoms with van der Waals surface area (Å²) < 4.78 is 16.0. The molecular weight excluding hydrogens is 320 g/mol. The highest BCUT2D eigenvalue weighted by Crippen LogP contribution is 2.37. The summed E-state index contributed by atoms with van der Waals surface area (Å²) >= 11 is 0. The van der Waals surface area contributed by atoms with Gasteiger partial charge in [-0.1, -0.05) is 5.16 Å². The molecule has 0 N–H and O–H groups in total. The van der Waals surface area contributed by atoms with Crippen LogP contribution in [0.5, 0.6) is 5.88 Å². The monoisotopic (exact) mass is 344 g/mol. The standard InChI is InChI=1S/C18H24N4O3/c1-23-9-10-24-16-7-6-14(11-19-16)17-20-18(25-21-17)15-3-2-8-22(15)12-13-4-5-13/h6-7,11,13,15H,2-5,8-10,12H2,1H3. The highest BCUT2D eigenvalue weighted by molar-refractivity contribution is 5.53. The van der Waals surface area contributed by atoms with E-state index in [0.717, 1.165) is 36.9 Å². The summed E-state index contributed by atoms with van der Waals surface area (Å²) in [7, 11) is 1.64. The smallest absolute Gasteiger partial charge is 0.244 e. The van der Waals surface area contributed by atoms with Crippen LogP contribution in [-0.2, 0) is 4.74 Å².